The first kappa shape index (κ1) is 14.9. The molecule has 21 heavy (non-hydrogen) atoms. The number of hydrogen-bond donors (Lipinski definition) is 1. The zero-order valence-corrected chi connectivity index (χ0v) is 12.7. The van der Waals surface area contributed by atoms with Gasteiger partial charge in [-0.25, -0.2) is 8.78 Å². The summed E-state index contributed by atoms with van der Waals surface area (Å²) in [6.45, 7) is 4.31. The molecule has 1 heterocycles. The molecular weight excluding hydrogens is 270 g/mol. The molecule has 0 radical (unpaired) electrons. The Labute approximate surface area is 125 Å². The highest BCUT2D eigenvalue weighted by molar-refractivity contribution is 5.20. The molecular formula is C17H24F2N2. The summed E-state index contributed by atoms with van der Waals surface area (Å²) in [5.41, 5.74) is 0.302. The Morgan fingerprint density at radius 3 is 2.52 bits per heavy atom. The molecule has 2 fully saturated rings. The SMILES string of the molecule is CC1CN(Cc2c(F)cccc2F)C2(CCCCC2)CN1. The van der Waals surface area contributed by atoms with Gasteiger partial charge in [0.05, 0.1) is 0 Å². The molecule has 0 aromatic heterocycles. The molecule has 1 unspecified atom stereocenters. The van der Waals surface area contributed by atoms with Gasteiger partial charge in [-0.3, -0.25) is 4.90 Å². The Morgan fingerprint density at radius 2 is 1.86 bits per heavy atom. The summed E-state index contributed by atoms with van der Waals surface area (Å²) in [5.74, 6) is -0.848. The van der Waals surface area contributed by atoms with Crippen LogP contribution in [-0.2, 0) is 6.54 Å². The third-order valence-electron chi connectivity index (χ3n) is 5.14. The Hall–Kier alpha value is -1.00. The molecule has 3 rings (SSSR count). The highest BCUT2D eigenvalue weighted by Crippen LogP contribution is 2.36. The maximum absolute atomic E-state index is 14.0. The fourth-order valence-corrected chi connectivity index (χ4v) is 3.87. The molecule has 0 bridgehead atoms. The van der Waals surface area contributed by atoms with Crippen molar-refractivity contribution >= 4 is 0 Å². The Morgan fingerprint density at radius 1 is 1.19 bits per heavy atom. The third-order valence-corrected chi connectivity index (χ3v) is 5.14. The Balaban J connectivity index is 1.86. The van der Waals surface area contributed by atoms with Crippen LogP contribution in [-0.4, -0.2) is 29.6 Å². The molecule has 1 aliphatic heterocycles. The minimum Gasteiger partial charge on any atom is -0.311 e. The van der Waals surface area contributed by atoms with Crippen LogP contribution < -0.4 is 5.32 Å². The number of benzene rings is 1. The Kier molecular flexibility index (Phi) is 4.27. The fraction of sp³-hybridized carbons (Fsp3) is 0.647. The molecule has 4 heteroatoms. The standard InChI is InChI=1S/C17H24F2N2/c1-13-10-21(11-14-15(18)6-5-7-16(14)19)17(12-20-13)8-3-2-4-9-17/h5-7,13,20H,2-4,8-12H2,1H3. The second kappa shape index (κ2) is 6.01. The monoisotopic (exact) mass is 294 g/mol. The molecule has 2 aliphatic rings. The summed E-state index contributed by atoms with van der Waals surface area (Å²) in [6.07, 6.45) is 5.96. The van der Waals surface area contributed by atoms with Crippen LogP contribution in [0, 0.1) is 11.6 Å². The predicted octanol–water partition coefficient (Wildman–Crippen LogP) is 3.46. The van der Waals surface area contributed by atoms with Gasteiger partial charge in [-0.15, -0.1) is 0 Å². The first-order valence-electron chi connectivity index (χ1n) is 8.02. The normalized spacial score (nSPS) is 26.1. The van der Waals surface area contributed by atoms with E-state index in [1.807, 2.05) is 0 Å². The molecule has 0 amide bonds. The van der Waals surface area contributed by atoms with Crippen LogP contribution in [0.1, 0.15) is 44.6 Å². The van der Waals surface area contributed by atoms with Crippen molar-refractivity contribution in [2.75, 3.05) is 13.1 Å². The molecule has 1 spiro atoms. The van der Waals surface area contributed by atoms with Gasteiger partial charge in [0.1, 0.15) is 11.6 Å². The van der Waals surface area contributed by atoms with Gasteiger partial charge in [-0.1, -0.05) is 25.3 Å². The maximum atomic E-state index is 14.0. The molecule has 116 valence electrons. The minimum atomic E-state index is -0.424. The first-order chi connectivity index (χ1) is 10.1. The van der Waals surface area contributed by atoms with Crippen LogP contribution in [0.3, 0.4) is 0 Å². The number of piperazine rings is 1. The number of nitrogens with zero attached hydrogens (tertiary/aromatic N) is 1. The van der Waals surface area contributed by atoms with E-state index in [1.54, 1.807) is 0 Å². The smallest absolute Gasteiger partial charge is 0.130 e. The van der Waals surface area contributed by atoms with Crippen LogP contribution in [0.25, 0.3) is 0 Å². The molecule has 1 saturated carbocycles. The van der Waals surface area contributed by atoms with Gasteiger partial charge in [-0.2, -0.15) is 0 Å². The van der Waals surface area contributed by atoms with E-state index in [1.165, 1.54) is 37.5 Å². The first-order valence-corrected chi connectivity index (χ1v) is 8.02. The van der Waals surface area contributed by atoms with Gasteiger partial charge >= 0.3 is 0 Å². The van der Waals surface area contributed by atoms with Crippen molar-refractivity contribution in [2.45, 2.75) is 57.2 Å². The summed E-state index contributed by atoms with van der Waals surface area (Å²) in [6, 6.07) is 4.52. The van der Waals surface area contributed by atoms with Crippen LogP contribution in [0.5, 0.6) is 0 Å². The molecule has 1 aromatic rings. The summed E-state index contributed by atoms with van der Waals surface area (Å²) < 4.78 is 28.0. The maximum Gasteiger partial charge on any atom is 0.130 e. The zero-order chi connectivity index (χ0) is 14.9. The molecule has 1 N–H and O–H groups in total. The molecule has 1 atom stereocenters. The van der Waals surface area contributed by atoms with Crippen molar-refractivity contribution in [3.05, 3.63) is 35.4 Å². The van der Waals surface area contributed by atoms with E-state index >= 15 is 0 Å². The number of halogens is 2. The fourth-order valence-electron chi connectivity index (χ4n) is 3.87. The van der Waals surface area contributed by atoms with Gasteiger partial charge in [0, 0.05) is 36.8 Å². The van der Waals surface area contributed by atoms with Gasteiger partial charge in [0.2, 0.25) is 0 Å². The van der Waals surface area contributed by atoms with Crippen LogP contribution in [0.4, 0.5) is 8.78 Å². The minimum absolute atomic E-state index is 0.0828. The van der Waals surface area contributed by atoms with Gasteiger partial charge in [-0.05, 0) is 31.9 Å². The highest BCUT2D eigenvalue weighted by atomic mass is 19.1. The van der Waals surface area contributed by atoms with Crippen molar-refractivity contribution in [1.29, 1.82) is 0 Å². The average Bonchev–Trinajstić information content (AvgIpc) is 2.48. The van der Waals surface area contributed by atoms with Crippen LogP contribution in [0.2, 0.25) is 0 Å². The lowest BCUT2D eigenvalue weighted by molar-refractivity contribution is 0.00473. The quantitative estimate of drug-likeness (QED) is 0.898. The molecule has 1 aromatic carbocycles. The molecule has 1 saturated heterocycles. The predicted molar refractivity (Wildman–Crippen MR) is 80.0 cm³/mol. The van der Waals surface area contributed by atoms with E-state index in [0.29, 0.717) is 12.6 Å². The van der Waals surface area contributed by atoms with Crippen molar-refractivity contribution in [2.24, 2.45) is 0 Å². The largest absolute Gasteiger partial charge is 0.311 e. The number of hydrogen-bond acceptors (Lipinski definition) is 2. The van der Waals surface area contributed by atoms with E-state index in [2.05, 4.69) is 17.1 Å². The summed E-state index contributed by atoms with van der Waals surface area (Å²) in [4.78, 5) is 2.33. The van der Waals surface area contributed by atoms with Crippen molar-refractivity contribution in [3.8, 4) is 0 Å². The molecule has 1 aliphatic carbocycles. The summed E-state index contributed by atoms with van der Waals surface area (Å²) >= 11 is 0. The lowest BCUT2D eigenvalue weighted by Crippen LogP contribution is -2.64. The van der Waals surface area contributed by atoms with Crippen LogP contribution in [0.15, 0.2) is 18.2 Å². The van der Waals surface area contributed by atoms with E-state index in [4.69, 9.17) is 0 Å². The lowest BCUT2D eigenvalue weighted by atomic mass is 9.78. The average molecular weight is 294 g/mol. The van der Waals surface area contributed by atoms with Gasteiger partial charge < -0.3 is 5.32 Å². The van der Waals surface area contributed by atoms with Crippen molar-refractivity contribution in [3.63, 3.8) is 0 Å². The number of rotatable bonds is 2. The summed E-state index contributed by atoms with van der Waals surface area (Å²) in [5, 5.41) is 3.56. The second-order valence-corrected chi connectivity index (χ2v) is 6.65. The summed E-state index contributed by atoms with van der Waals surface area (Å²) in [7, 11) is 0. The topological polar surface area (TPSA) is 15.3 Å². The van der Waals surface area contributed by atoms with E-state index in [0.717, 1.165) is 25.9 Å². The Bertz CT molecular complexity index is 477. The van der Waals surface area contributed by atoms with Crippen molar-refractivity contribution < 1.29 is 8.78 Å². The lowest BCUT2D eigenvalue weighted by Gasteiger charge is -2.51. The van der Waals surface area contributed by atoms with E-state index < -0.39 is 11.6 Å². The third kappa shape index (κ3) is 2.97. The van der Waals surface area contributed by atoms with Gasteiger partial charge in [0.15, 0.2) is 0 Å². The zero-order valence-electron chi connectivity index (χ0n) is 12.7. The van der Waals surface area contributed by atoms with E-state index in [9.17, 15) is 8.78 Å². The van der Waals surface area contributed by atoms with E-state index in [-0.39, 0.29) is 11.1 Å². The van der Waals surface area contributed by atoms with Gasteiger partial charge in [0.25, 0.3) is 0 Å². The van der Waals surface area contributed by atoms with Crippen molar-refractivity contribution in [1.82, 2.24) is 10.2 Å². The highest BCUT2D eigenvalue weighted by Gasteiger charge is 2.41. The van der Waals surface area contributed by atoms with Crippen LogP contribution >= 0.6 is 0 Å². The molecule has 2 nitrogen and oxygen atoms in total. The second-order valence-electron chi connectivity index (χ2n) is 6.65. The number of nitrogens with one attached hydrogen (secondary N) is 1.